The van der Waals surface area contributed by atoms with Crippen molar-refractivity contribution >= 4 is 22.9 Å². The number of fused-ring (bicyclic) bond motifs is 3. The number of aromatic nitrogens is 5. The van der Waals surface area contributed by atoms with E-state index >= 15 is 0 Å². The van der Waals surface area contributed by atoms with Crippen molar-refractivity contribution in [1.82, 2.24) is 24.5 Å². The first-order valence-corrected chi connectivity index (χ1v) is 13.0. The molecule has 2 aliphatic heterocycles. The number of nitrogens with zero attached hydrogens (tertiary/aromatic N) is 6. The molecule has 0 bridgehead atoms. The molecule has 0 N–H and O–H groups in total. The van der Waals surface area contributed by atoms with Crippen molar-refractivity contribution in [2.45, 2.75) is 37.9 Å². The van der Waals surface area contributed by atoms with Gasteiger partial charge in [-0.2, -0.15) is 22.0 Å². The quantitative estimate of drug-likeness (QED) is 0.157. The van der Waals surface area contributed by atoms with Crippen LogP contribution in [0.5, 0.6) is 0 Å². The highest BCUT2D eigenvalue weighted by Crippen LogP contribution is 2.60. The number of aryl methyl sites for hydroxylation is 1. The average molecular weight is 585 g/mol. The Morgan fingerprint density at radius 2 is 1.85 bits per heavy atom. The number of hydrogen-bond acceptors (Lipinski definition) is 5. The van der Waals surface area contributed by atoms with Crippen LogP contribution in [0.4, 0.5) is 22.0 Å². The maximum Gasteiger partial charge on any atom is 0.436 e. The molecular weight excluding hydrogens is 567 g/mol. The highest BCUT2D eigenvalue weighted by Gasteiger charge is 2.55. The summed E-state index contributed by atoms with van der Waals surface area (Å²) in [6, 6.07) is 10.3. The maximum absolute atomic E-state index is 15.0. The summed E-state index contributed by atoms with van der Waals surface area (Å²) in [5.41, 5.74) is 1.30. The van der Waals surface area contributed by atoms with Gasteiger partial charge in [-0.15, -0.1) is 5.10 Å². The van der Waals surface area contributed by atoms with Gasteiger partial charge in [0.2, 0.25) is 11.9 Å². The highest BCUT2D eigenvalue weighted by molar-refractivity contribution is 6.31. The van der Waals surface area contributed by atoms with Gasteiger partial charge >= 0.3 is 6.18 Å². The number of benzene rings is 1. The Labute approximate surface area is 233 Å². The summed E-state index contributed by atoms with van der Waals surface area (Å²) in [5, 5.41) is 7.18. The lowest BCUT2D eigenvalue weighted by Gasteiger charge is -2.20. The first-order valence-electron chi connectivity index (χ1n) is 12.7. The minimum Gasteiger partial charge on any atom is -0.303 e. The summed E-state index contributed by atoms with van der Waals surface area (Å²) in [7, 11) is 0. The van der Waals surface area contributed by atoms with Crippen LogP contribution in [0.1, 0.15) is 47.4 Å². The van der Waals surface area contributed by atoms with Crippen LogP contribution in [0, 0.1) is 18.8 Å². The molecule has 41 heavy (non-hydrogen) atoms. The zero-order valence-corrected chi connectivity index (χ0v) is 21.9. The van der Waals surface area contributed by atoms with Crippen molar-refractivity contribution in [1.29, 1.82) is 0 Å². The Kier molecular flexibility index (Phi) is 5.59. The zero-order chi connectivity index (χ0) is 28.8. The first kappa shape index (κ1) is 25.8. The molecule has 208 valence electrons. The molecular formula is C28H18ClF5N6O. The lowest BCUT2D eigenvalue weighted by molar-refractivity contribution is -0.141. The third-order valence-electron chi connectivity index (χ3n) is 7.80. The smallest absolute Gasteiger partial charge is 0.303 e. The van der Waals surface area contributed by atoms with Gasteiger partial charge in [-0.05, 0) is 61.2 Å². The second-order valence-electron chi connectivity index (χ2n) is 10.4. The van der Waals surface area contributed by atoms with Crippen LogP contribution in [0.3, 0.4) is 0 Å². The molecule has 3 aliphatic rings. The predicted molar refractivity (Wildman–Crippen MR) is 140 cm³/mol. The third-order valence-corrected chi connectivity index (χ3v) is 8.04. The van der Waals surface area contributed by atoms with Crippen LogP contribution in [0.25, 0.3) is 22.4 Å². The van der Waals surface area contributed by atoms with E-state index in [2.05, 4.69) is 20.3 Å². The third kappa shape index (κ3) is 4.19. The number of hydrogen-bond donors (Lipinski definition) is 0. The number of pyridine rings is 2. The Balaban J connectivity index is 1.26. The molecule has 5 heterocycles. The summed E-state index contributed by atoms with van der Waals surface area (Å²) in [6.45, 7) is 1.63. The lowest BCUT2D eigenvalue weighted by atomic mass is 9.98. The van der Waals surface area contributed by atoms with Crippen molar-refractivity contribution in [3.63, 3.8) is 0 Å². The zero-order valence-electron chi connectivity index (χ0n) is 21.1. The molecule has 0 amide bonds. The average Bonchev–Trinajstić information content (AvgIpc) is 3.21. The molecule has 0 spiro atoms. The van der Waals surface area contributed by atoms with Crippen LogP contribution < -0.4 is 5.56 Å². The van der Waals surface area contributed by atoms with Crippen molar-refractivity contribution in [3.05, 3.63) is 98.6 Å². The molecule has 3 aromatic heterocycles. The molecule has 1 saturated carbocycles. The van der Waals surface area contributed by atoms with E-state index in [0.717, 1.165) is 17.3 Å². The molecule has 7 nitrogen and oxygen atoms in total. The van der Waals surface area contributed by atoms with E-state index in [9.17, 15) is 26.7 Å². The van der Waals surface area contributed by atoms with Gasteiger partial charge < -0.3 is 4.57 Å². The van der Waals surface area contributed by atoms with E-state index < -0.39 is 29.8 Å². The molecule has 0 radical (unpaired) electrons. The normalized spacial score (nSPS) is 21.2. The minimum atomic E-state index is -4.67. The molecule has 13 heteroatoms. The van der Waals surface area contributed by atoms with Gasteiger partial charge in [-0.1, -0.05) is 16.8 Å². The predicted octanol–water partition coefficient (Wildman–Crippen LogP) is 6.45. The van der Waals surface area contributed by atoms with Crippen LogP contribution in [-0.4, -0.2) is 30.3 Å². The molecule has 7 rings (SSSR count). The van der Waals surface area contributed by atoms with E-state index in [0.29, 0.717) is 33.2 Å². The van der Waals surface area contributed by atoms with Crippen molar-refractivity contribution < 1.29 is 22.0 Å². The van der Waals surface area contributed by atoms with E-state index in [1.54, 1.807) is 29.7 Å². The van der Waals surface area contributed by atoms with Gasteiger partial charge in [0.1, 0.15) is 0 Å². The Bertz CT molecular complexity index is 1890. The molecule has 1 aromatic carbocycles. The second-order valence-corrected chi connectivity index (χ2v) is 10.8. The molecule has 3 atom stereocenters. The molecule has 1 aliphatic carbocycles. The summed E-state index contributed by atoms with van der Waals surface area (Å²) in [5.74, 6) is -1.54. The fraction of sp³-hybridized carbons (Fsp3) is 0.250. The molecule has 3 unspecified atom stereocenters. The van der Waals surface area contributed by atoms with E-state index in [1.807, 2.05) is 0 Å². The van der Waals surface area contributed by atoms with Gasteiger partial charge in [-0.25, -0.2) is 14.7 Å². The lowest BCUT2D eigenvalue weighted by Crippen LogP contribution is -2.29. The number of rotatable bonds is 4. The molecule has 0 saturated heterocycles. The second kappa shape index (κ2) is 8.90. The Morgan fingerprint density at radius 3 is 2.59 bits per heavy atom. The van der Waals surface area contributed by atoms with Gasteiger partial charge in [-0.3, -0.25) is 4.79 Å². The summed E-state index contributed by atoms with van der Waals surface area (Å²) in [4.78, 5) is 21.5. The Morgan fingerprint density at radius 1 is 1.05 bits per heavy atom. The van der Waals surface area contributed by atoms with Crippen LogP contribution in [0.15, 0.2) is 64.4 Å². The van der Waals surface area contributed by atoms with Crippen LogP contribution >= 0.6 is 11.6 Å². The monoisotopic (exact) mass is 584 g/mol. The molecule has 4 aromatic rings. The number of alkyl halides is 3. The van der Waals surface area contributed by atoms with Crippen molar-refractivity contribution in [2.75, 3.05) is 0 Å². The van der Waals surface area contributed by atoms with Crippen molar-refractivity contribution in [2.24, 2.45) is 10.9 Å². The van der Waals surface area contributed by atoms with Gasteiger partial charge in [0.25, 0.3) is 5.56 Å². The van der Waals surface area contributed by atoms with Crippen molar-refractivity contribution in [3.8, 4) is 16.8 Å². The first-order chi connectivity index (χ1) is 19.5. The van der Waals surface area contributed by atoms with E-state index in [1.165, 1.54) is 24.3 Å². The standard InChI is InChI=1S/C28H18ClF5N6O/c1-12-2-4-15(26(30)35-12)19-10-20(36-27(19)31)25-18-9-17(18)22-6-13(7-24(41)40(22)25)16-8-14(29)3-5-21(16)39-11-23(37-38-39)28(32,33)34/h2-8,11,17-18,25H,9-10H2,1H3. The van der Waals surface area contributed by atoms with Crippen LogP contribution in [0.2, 0.25) is 5.02 Å². The number of halogens is 6. The minimum absolute atomic E-state index is 0.0195. The highest BCUT2D eigenvalue weighted by atomic mass is 35.5. The fourth-order valence-corrected chi connectivity index (χ4v) is 6.07. The summed E-state index contributed by atoms with van der Waals surface area (Å²) in [6.07, 6.45) is -3.11. The van der Waals surface area contributed by atoms with Crippen LogP contribution in [-0.2, 0) is 6.18 Å². The maximum atomic E-state index is 15.0. The number of allylic oxidation sites excluding steroid dienone is 1. The topological polar surface area (TPSA) is 78.0 Å². The SMILES string of the molecule is Cc1ccc(C2=C(F)N=C(C3C4CC4c4cc(-c5cc(Cl)ccc5-n5cc(C(F)(F)F)nn5)cc(=O)n43)C2)c(F)n1. The summed E-state index contributed by atoms with van der Waals surface area (Å²) < 4.78 is 71.6. The summed E-state index contributed by atoms with van der Waals surface area (Å²) >= 11 is 6.24. The fourth-order valence-electron chi connectivity index (χ4n) is 5.90. The largest absolute Gasteiger partial charge is 0.436 e. The van der Waals surface area contributed by atoms with Gasteiger partial charge in [0, 0.05) is 57.2 Å². The van der Waals surface area contributed by atoms with Gasteiger partial charge in [0.15, 0.2) is 5.69 Å². The molecule has 1 fully saturated rings. The van der Waals surface area contributed by atoms with E-state index in [-0.39, 0.29) is 40.6 Å². The van der Waals surface area contributed by atoms with E-state index in [4.69, 9.17) is 11.6 Å². The van der Waals surface area contributed by atoms with Gasteiger partial charge in [0.05, 0.1) is 17.9 Å². The number of aliphatic imine (C=N–C) groups is 1. The Hall–Kier alpha value is -4.19.